The lowest BCUT2D eigenvalue weighted by Gasteiger charge is -2.26. The van der Waals surface area contributed by atoms with Crippen molar-refractivity contribution in [1.82, 2.24) is 4.90 Å². The number of halogens is 4. The van der Waals surface area contributed by atoms with Gasteiger partial charge in [0.15, 0.2) is 0 Å². The molecule has 3 nitrogen and oxygen atoms in total. The second-order valence-electron chi connectivity index (χ2n) is 3.05. The number of nitriles is 1. The van der Waals surface area contributed by atoms with E-state index < -0.39 is 24.3 Å². The largest absolute Gasteiger partial charge is 0.383 e. The maximum atomic E-state index is 12.6. The van der Waals surface area contributed by atoms with Crippen molar-refractivity contribution in [2.24, 2.45) is 0 Å². The van der Waals surface area contributed by atoms with Crippen LogP contribution in [0.4, 0.5) is 17.6 Å². The van der Waals surface area contributed by atoms with Crippen molar-refractivity contribution in [2.75, 3.05) is 7.05 Å². The minimum absolute atomic E-state index is 0.193. The Morgan fingerprint density at radius 3 is 2.33 bits per heavy atom. The second-order valence-corrected chi connectivity index (χ2v) is 3.05. The Kier molecular flexibility index (Phi) is 4.52. The molecule has 86 valence electrons. The number of hydrogen-bond donors (Lipinski definition) is 0. The molecule has 15 heavy (non-hydrogen) atoms. The van der Waals surface area contributed by atoms with Gasteiger partial charge in [-0.1, -0.05) is 0 Å². The zero-order chi connectivity index (χ0) is 12.2. The molecule has 0 aliphatic heterocycles. The summed E-state index contributed by atoms with van der Waals surface area (Å²) >= 11 is 0. The van der Waals surface area contributed by atoms with E-state index >= 15 is 0 Å². The number of amides is 1. The SMILES string of the molecule is CC(CC#N)N(C)C(=O)C(F)(F)C(F)F. The summed E-state index contributed by atoms with van der Waals surface area (Å²) in [6.45, 7) is 1.32. The Balaban J connectivity index is 4.65. The highest BCUT2D eigenvalue weighted by molar-refractivity contribution is 5.84. The molecule has 1 unspecified atom stereocenters. The third-order valence-electron chi connectivity index (χ3n) is 1.93. The van der Waals surface area contributed by atoms with E-state index in [9.17, 15) is 22.4 Å². The highest BCUT2D eigenvalue weighted by atomic mass is 19.3. The molecule has 0 aromatic rings. The van der Waals surface area contributed by atoms with E-state index in [1.807, 2.05) is 0 Å². The molecule has 0 saturated carbocycles. The molecule has 0 heterocycles. The van der Waals surface area contributed by atoms with Crippen LogP contribution in [0.25, 0.3) is 0 Å². The Labute approximate surface area is 84.3 Å². The van der Waals surface area contributed by atoms with E-state index in [2.05, 4.69) is 0 Å². The van der Waals surface area contributed by atoms with Crippen LogP contribution in [0.15, 0.2) is 0 Å². The van der Waals surface area contributed by atoms with Crippen LogP contribution in [0.3, 0.4) is 0 Å². The fourth-order valence-corrected chi connectivity index (χ4v) is 0.798. The number of alkyl halides is 4. The number of carbonyl (C=O) groups is 1. The molecular weight excluding hydrogens is 216 g/mol. The van der Waals surface area contributed by atoms with Crippen LogP contribution in [0.1, 0.15) is 13.3 Å². The lowest BCUT2D eigenvalue weighted by molar-refractivity contribution is -0.180. The fourth-order valence-electron chi connectivity index (χ4n) is 0.798. The lowest BCUT2D eigenvalue weighted by Crippen LogP contribution is -2.49. The van der Waals surface area contributed by atoms with Crippen molar-refractivity contribution in [3.05, 3.63) is 0 Å². The van der Waals surface area contributed by atoms with Gasteiger partial charge in [-0.2, -0.15) is 14.0 Å². The fraction of sp³-hybridized carbons (Fsp3) is 0.750. The van der Waals surface area contributed by atoms with E-state index in [4.69, 9.17) is 5.26 Å². The van der Waals surface area contributed by atoms with Crippen molar-refractivity contribution >= 4 is 5.91 Å². The van der Waals surface area contributed by atoms with Gasteiger partial charge in [0.2, 0.25) is 0 Å². The van der Waals surface area contributed by atoms with E-state index in [1.165, 1.54) is 6.92 Å². The summed E-state index contributed by atoms with van der Waals surface area (Å²) in [6, 6.07) is 0.831. The van der Waals surface area contributed by atoms with Gasteiger partial charge in [-0.15, -0.1) is 0 Å². The minimum atomic E-state index is -4.70. The molecule has 0 saturated heterocycles. The van der Waals surface area contributed by atoms with Crippen molar-refractivity contribution in [3.8, 4) is 6.07 Å². The summed E-state index contributed by atoms with van der Waals surface area (Å²) in [7, 11) is 0.959. The quantitative estimate of drug-likeness (QED) is 0.684. The van der Waals surface area contributed by atoms with Crippen LogP contribution < -0.4 is 0 Å². The second kappa shape index (κ2) is 4.96. The highest BCUT2D eigenvalue weighted by Gasteiger charge is 2.51. The summed E-state index contributed by atoms with van der Waals surface area (Å²) in [6.07, 6.45) is -4.23. The van der Waals surface area contributed by atoms with Crippen molar-refractivity contribution in [1.29, 1.82) is 5.26 Å². The van der Waals surface area contributed by atoms with Gasteiger partial charge in [0, 0.05) is 13.1 Å². The first kappa shape index (κ1) is 13.7. The molecule has 0 fully saturated rings. The Hall–Kier alpha value is -1.32. The molecule has 0 spiro atoms. The molecule has 0 bridgehead atoms. The number of hydrogen-bond acceptors (Lipinski definition) is 2. The summed E-state index contributed by atoms with van der Waals surface area (Å²) < 4.78 is 48.8. The number of nitrogens with zero attached hydrogens (tertiary/aromatic N) is 2. The van der Waals surface area contributed by atoms with Crippen LogP contribution in [-0.2, 0) is 4.79 Å². The Morgan fingerprint density at radius 1 is 1.53 bits per heavy atom. The monoisotopic (exact) mass is 226 g/mol. The van der Waals surface area contributed by atoms with E-state index in [-0.39, 0.29) is 6.42 Å². The van der Waals surface area contributed by atoms with E-state index in [0.29, 0.717) is 4.90 Å². The van der Waals surface area contributed by atoms with Gasteiger partial charge in [0.25, 0.3) is 5.91 Å². The Morgan fingerprint density at radius 2 is 2.00 bits per heavy atom. The topological polar surface area (TPSA) is 44.1 Å². The normalized spacial score (nSPS) is 13.5. The maximum Gasteiger partial charge on any atom is 0.383 e. The average molecular weight is 226 g/mol. The summed E-state index contributed by atoms with van der Waals surface area (Å²) in [5.41, 5.74) is 0. The molecule has 0 N–H and O–H groups in total. The van der Waals surface area contributed by atoms with Crippen molar-refractivity contribution < 1.29 is 22.4 Å². The van der Waals surface area contributed by atoms with Gasteiger partial charge >= 0.3 is 12.3 Å². The third-order valence-corrected chi connectivity index (χ3v) is 1.93. The standard InChI is InChI=1S/C8H10F4N2O/c1-5(3-4-13)14(2)7(15)8(11,12)6(9)10/h5-6H,3H2,1-2H3. The van der Waals surface area contributed by atoms with Gasteiger partial charge in [-0.05, 0) is 6.92 Å². The molecule has 0 aliphatic carbocycles. The molecule has 7 heteroatoms. The molecule has 1 atom stereocenters. The van der Waals surface area contributed by atoms with Gasteiger partial charge in [0.05, 0.1) is 12.5 Å². The molecule has 0 aromatic carbocycles. The highest BCUT2D eigenvalue weighted by Crippen LogP contribution is 2.25. The molecule has 0 radical (unpaired) electrons. The predicted molar refractivity (Wildman–Crippen MR) is 43.4 cm³/mol. The first-order valence-corrected chi connectivity index (χ1v) is 4.05. The molecular formula is C8H10F4N2O. The van der Waals surface area contributed by atoms with Crippen LogP contribution in [0.5, 0.6) is 0 Å². The summed E-state index contributed by atoms with van der Waals surface area (Å²) in [5.74, 6) is -6.67. The summed E-state index contributed by atoms with van der Waals surface area (Å²) in [4.78, 5) is 11.4. The summed E-state index contributed by atoms with van der Waals surface area (Å²) in [5, 5.41) is 8.26. The van der Waals surface area contributed by atoms with Gasteiger partial charge < -0.3 is 4.90 Å². The van der Waals surface area contributed by atoms with Crippen LogP contribution in [0.2, 0.25) is 0 Å². The lowest BCUT2D eigenvalue weighted by atomic mass is 10.2. The van der Waals surface area contributed by atoms with E-state index in [1.54, 1.807) is 6.07 Å². The molecule has 0 rings (SSSR count). The maximum absolute atomic E-state index is 12.6. The minimum Gasteiger partial charge on any atom is -0.337 e. The molecule has 1 amide bonds. The first-order valence-electron chi connectivity index (χ1n) is 4.05. The smallest absolute Gasteiger partial charge is 0.337 e. The molecule has 0 aromatic heterocycles. The van der Waals surface area contributed by atoms with Crippen molar-refractivity contribution in [2.45, 2.75) is 31.7 Å². The zero-order valence-electron chi connectivity index (χ0n) is 8.18. The average Bonchev–Trinajstić information content (AvgIpc) is 2.15. The van der Waals surface area contributed by atoms with Crippen LogP contribution >= 0.6 is 0 Å². The van der Waals surface area contributed by atoms with Crippen LogP contribution in [0, 0.1) is 11.3 Å². The third kappa shape index (κ3) is 3.08. The number of carbonyl (C=O) groups excluding carboxylic acids is 1. The Bertz CT molecular complexity index is 274. The number of rotatable bonds is 4. The molecule has 0 aliphatic rings. The van der Waals surface area contributed by atoms with Gasteiger partial charge in [-0.25, -0.2) is 8.78 Å². The predicted octanol–water partition coefficient (Wildman–Crippen LogP) is 1.65. The van der Waals surface area contributed by atoms with Crippen LogP contribution in [-0.4, -0.2) is 36.2 Å². The first-order chi connectivity index (χ1) is 6.75. The van der Waals surface area contributed by atoms with Gasteiger partial charge in [0.1, 0.15) is 0 Å². The zero-order valence-corrected chi connectivity index (χ0v) is 8.18. The van der Waals surface area contributed by atoms with Crippen molar-refractivity contribution in [3.63, 3.8) is 0 Å². The van der Waals surface area contributed by atoms with E-state index in [0.717, 1.165) is 7.05 Å². The van der Waals surface area contributed by atoms with Gasteiger partial charge in [-0.3, -0.25) is 4.79 Å².